The van der Waals surface area contributed by atoms with Crippen LogP contribution in [0, 0.1) is 22.7 Å². The molecule has 2 aliphatic rings. The highest BCUT2D eigenvalue weighted by Gasteiger charge is 2.63. The number of rotatable bonds is 7. The first-order chi connectivity index (χ1) is 11.9. The molecule has 2 fully saturated rings. The average molecular weight is 363 g/mol. The van der Waals surface area contributed by atoms with Gasteiger partial charge in [-0.2, -0.15) is 11.8 Å². The van der Waals surface area contributed by atoms with Gasteiger partial charge in [0.15, 0.2) is 0 Å². The van der Waals surface area contributed by atoms with Crippen molar-refractivity contribution in [1.29, 1.82) is 0 Å². The van der Waals surface area contributed by atoms with Crippen molar-refractivity contribution < 1.29 is 14.6 Å². The summed E-state index contributed by atoms with van der Waals surface area (Å²) in [5.74, 6) is 2.05. The molecule has 0 saturated heterocycles. The first-order valence-corrected chi connectivity index (χ1v) is 10.4. The minimum absolute atomic E-state index is 0.00967. The maximum absolute atomic E-state index is 12.2. The van der Waals surface area contributed by atoms with Gasteiger partial charge in [0.2, 0.25) is 0 Å². The van der Waals surface area contributed by atoms with Crippen molar-refractivity contribution in [3.05, 3.63) is 35.9 Å². The molecule has 0 heterocycles. The number of methoxy groups -OCH3 is 1. The maximum atomic E-state index is 12.2. The summed E-state index contributed by atoms with van der Waals surface area (Å²) in [5.41, 5.74) is 1.37. The molecule has 0 amide bonds. The Morgan fingerprint density at radius 1 is 1.36 bits per heavy atom. The lowest BCUT2D eigenvalue weighted by molar-refractivity contribution is -0.144. The summed E-state index contributed by atoms with van der Waals surface area (Å²) in [7, 11) is 1.47. The molecule has 25 heavy (non-hydrogen) atoms. The fourth-order valence-corrected chi connectivity index (χ4v) is 6.77. The fourth-order valence-electron chi connectivity index (χ4n) is 5.04. The first-order valence-electron chi connectivity index (χ1n) is 9.28. The predicted molar refractivity (Wildman–Crippen MR) is 103 cm³/mol. The van der Waals surface area contributed by atoms with E-state index in [4.69, 9.17) is 4.74 Å². The van der Waals surface area contributed by atoms with Gasteiger partial charge in [-0.3, -0.25) is 4.79 Å². The number of esters is 1. The number of carbonyl (C=O) groups excluding carboxylic acids is 1. The number of carbonyl (C=O) groups is 1. The highest BCUT2D eigenvalue weighted by molar-refractivity contribution is 7.99. The van der Waals surface area contributed by atoms with Crippen LogP contribution in [0.3, 0.4) is 0 Å². The number of hydrogen-bond acceptors (Lipinski definition) is 4. The quantitative estimate of drug-likeness (QED) is 0.747. The molecule has 0 spiro atoms. The van der Waals surface area contributed by atoms with Gasteiger partial charge in [-0.1, -0.05) is 44.2 Å². The Labute approximate surface area is 155 Å². The van der Waals surface area contributed by atoms with E-state index >= 15 is 0 Å². The number of benzene rings is 1. The summed E-state index contributed by atoms with van der Waals surface area (Å²) in [6.45, 7) is 4.65. The minimum Gasteiger partial charge on any atom is -0.469 e. The molecule has 0 aromatic heterocycles. The topological polar surface area (TPSA) is 46.5 Å². The molecule has 3 nitrogen and oxygen atoms in total. The molecule has 2 saturated carbocycles. The predicted octanol–water partition coefficient (Wildman–Crippen LogP) is 3.94. The van der Waals surface area contributed by atoms with Crippen LogP contribution in [0.1, 0.15) is 38.7 Å². The summed E-state index contributed by atoms with van der Waals surface area (Å²) < 4.78 is 5.03. The first kappa shape index (κ1) is 18.8. The molecule has 0 unspecified atom stereocenters. The largest absolute Gasteiger partial charge is 0.469 e. The lowest BCUT2D eigenvalue weighted by Crippen LogP contribution is -2.41. The van der Waals surface area contributed by atoms with Crippen molar-refractivity contribution in [2.45, 2.75) is 45.6 Å². The molecule has 1 N–H and O–H groups in total. The van der Waals surface area contributed by atoms with Crippen LogP contribution in [0.2, 0.25) is 0 Å². The molecule has 138 valence electrons. The Bertz CT molecular complexity index is 600. The molecule has 2 bridgehead atoms. The van der Waals surface area contributed by atoms with Gasteiger partial charge in [-0.05, 0) is 42.6 Å². The lowest BCUT2D eigenvalue weighted by Gasteiger charge is -2.40. The van der Waals surface area contributed by atoms with Crippen LogP contribution < -0.4 is 0 Å². The standard InChI is InChI=1S/C21H30O3S/c1-20(2)17-9-10-21(20,18(22)12-17)14-25-13-16(19(23)24-3)11-15-7-5-4-6-8-15/h4-8,16-18,22H,9-14H2,1-3H3/t16-,17+,18+,21+/m0/s1. The molecule has 4 atom stereocenters. The number of fused-ring (bicyclic) bond motifs is 2. The van der Waals surface area contributed by atoms with Crippen molar-refractivity contribution in [2.24, 2.45) is 22.7 Å². The van der Waals surface area contributed by atoms with Crippen LogP contribution >= 0.6 is 11.8 Å². The second kappa shape index (κ2) is 7.32. The van der Waals surface area contributed by atoms with Crippen molar-refractivity contribution >= 4 is 17.7 Å². The van der Waals surface area contributed by atoms with Crippen LogP contribution in [-0.2, 0) is 16.0 Å². The molecule has 0 radical (unpaired) electrons. The average Bonchev–Trinajstić information content (AvgIpc) is 2.96. The second-order valence-electron chi connectivity index (χ2n) is 8.29. The molecule has 1 aromatic rings. The van der Waals surface area contributed by atoms with Gasteiger partial charge in [0.25, 0.3) is 0 Å². The van der Waals surface area contributed by atoms with Gasteiger partial charge in [0.1, 0.15) is 0 Å². The smallest absolute Gasteiger partial charge is 0.309 e. The Hall–Kier alpha value is -1.00. The second-order valence-corrected chi connectivity index (χ2v) is 9.32. The van der Waals surface area contributed by atoms with Crippen LogP contribution in [-0.4, -0.2) is 35.8 Å². The molecule has 3 rings (SSSR count). The van der Waals surface area contributed by atoms with E-state index in [-0.39, 0.29) is 28.8 Å². The van der Waals surface area contributed by atoms with E-state index in [1.54, 1.807) is 0 Å². The Morgan fingerprint density at radius 2 is 2.08 bits per heavy atom. The van der Waals surface area contributed by atoms with Gasteiger partial charge in [-0.25, -0.2) is 0 Å². The highest BCUT2D eigenvalue weighted by atomic mass is 32.2. The van der Waals surface area contributed by atoms with Gasteiger partial charge in [-0.15, -0.1) is 0 Å². The SMILES string of the molecule is COC(=O)[C@H](CSC[C@]12CC[C@H](C[C@H]1O)C2(C)C)Cc1ccccc1. The highest BCUT2D eigenvalue weighted by Crippen LogP contribution is 2.66. The van der Waals surface area contributed by atoms with Crippen LogP contribution in [0.4, 0.5) is 0 Å². The maximum Gasteiger partial charge on any atom is 0.309 e. The number of aliphatic hydroxyl groups is 1. The zero-order valence-corrected chi connectivity index (χ0v) is 16.3. The van der Waals surface area contributed by atoms with E-state index in [9.17, 15) is 9.90 Å². The van der Waals surface area contributed by atoms with Crippen molar-refractivity contribution in [3.63, 3.8) is 0 Å². The van der Waals surface area contributed by atoms with E-state index < -0.39 is 0 Å². The third-order valence-corrected chi connectivity index (χ3v) is 8.28. The van der Waals surface area contributed by atoms with Crippen molar-refractivity contribution in [1.82, 2.24) is 0 Å². The van der Waals surface area contributed by atoms with Crippen molar-refractivity contribution in [2.75, 3.05) is 18.6 Å². The Morgan fingerprint density at radius 3 is 2.64 bits per heavy atom. The molecule has 4 heteroatoms. The summed E-state index contributed by atoms with van der Waals surface area (Å²) in [5, 5.41) is 10.7. The molecule has 2 aliphatic carbocycles. The normalized spacial score (nSPS) is 31.0. The van der Waals surface area contributed by atoms with Gasteiger partial charge in [0.05, 0.1) is 19.1 Å². The van der Waals surface area contributed by atoms with Gasteiger partial charge in [0, 0.05) is 16.9 Å². The number of hydrogen-bond donors (Lipinski definition) is 1. The monoisotopic (exact) mass is 362 g/mol. The van der Waals surface area contributed by atoms with E-state index in [0.29, 0.717) is 12.3 Å². The molecular weight excluding hydrogens is 332 g/mol. The summed E-state index contributed by atoms with van der Waals surface area (Å²) in [6.07, 6.45) is 3.80. The van der Waals surface area contributed by atoms with E-state index in [0.717, 1.165) is 24.3 Å². The summed E-state index contributed by atoms with van der Waals surface area (Å²) >= 11 is 1.82. The summed E-state index contributed by atoms with van der Waals surface area (Å²) in [6, 6.07) is 10.1. The summed E-state index contributed by atoms with van der Waals surface area (Å²) in [4.78, 5) is 12.2. The van der Waals surface area contributed by atoms with E-state index in [1.165, 1.54) is 19.1 Å². The van der Waals surface area contributed by atoms with Gasteiger partial charge < -0.3 is 9.84 Å². The van der Waals surface area contributed by atoms with E-state index in [1.807, 2.05) is 30.0 Å². The zero-order valence-electron chi connectivity index (χ0n) is 15.5. The molecule has 0 aliphatic heterocycles. The minimum atomic E-state index is -0.195. The van der Waals surface area contributed by atoms with Crippen LogP contribution in [0.15, 0.2) is 30.3 Å². The number of ether oxygens (including phenoxy) is 1. The van der Waals surface area contributed by atoms with Crippen molar-refractivity contribution in [3.8, 4) is 0 Å². The third-order valence-electron chi connectivity index (χ3n) is 6.93. The Kier molecular flexibility index (Phi) is 5.50. The molecule has 1 aromatic carbocycles. The van der Waals surface area contributed by atoms with Gasteiger partial charge >= 0.3 is 5.97 Å². The Balaban J connectivity index is 1.63. The fraction of sp³-hybridized carbons (Fsp3) is 0.667. The molecular formula is C21H30O3S. The zero-order chi connectivity index (χ0) is 18.1. The number of aliphatic hydroxyl groups excluding tert-OH is 1. The third kappa shape index (κ3) is 3.35. The van der Waals surface area contributed by atoms with Crippen LogP contribution in [0.5, 0.6) is 0 Å². The van der Waals surface area contributed by atoms with Crippen LogP contribution in [0.25, 0.3) is 0 Å². The van der Waals surface area contributed by atoms with E-state index in [2.05, 4.69) is 26.0 Å². The number of thioether (sulfide) groups is 1. The lowest BCUT2D eigenvalue weighted by atomic mass is 9.70.